The van der Waals surface area contributed by atoms with E-state index >= 15 is 0 Å². The zero-order valence-electron chi connectivity index (χ0n) is 21.3. The molecule has 0 amide bonds. The van der Waals surface area contributed by atoms with Crippen LogP contribution in [-0.2, 0) is 24.9 Å². The van der Waals surface area contributed by atoms with Crippen LogP contribution >= 0.6 is 0 Å². The van der Waals surface area contributed by atoms with Gasteiger partial charge >= 0.3 is 0 Å². The maximum absolute atomic E-state index is 10.0. The SMILES string of the molecule is CC(=O)/C=C(/C)O.Cc1ccc(-c2cc3nc(-c4[c-]ccc5c4oc4nc(C)ccc45)ccc3o2)cc1.[Ir]. The van der Waals surface area contributed by atoms with Crippen LogP contribution in [0.3, 0.4) is 0 Å². The molecule has 4 heterocycles. The van der Waals surface area contributed by atoms with Gasteiger partial charge in [-0.05, 0) is 51.6 Å². The van der Waals surface area contributed by atoms with Gasteiger partial charge in [-0.15, -0.1) is 18.2 Å². The summed E-state index contributed by atoms with van der Waals surface area (Å²) in [6.45, 7) is 6.88. The molecule has 2 aromatic carbocycles. The summed E-state index contributed by atoms with van der Waals surface area (Å²) in [5.41, 5.74) is 7.73. The minimum Gasteiger partial charge on any atom is -0.512 e. The van der Waals surface area contributed by atoms with Crippen molar-refractivity contribution in [2.75, 3.05) is 0 Å². The summed E-state index contributed by atoms with van der Waals surface area (Å²) in [7, 11) is 0. The predicted octanol–water partition coefficient (Wildman–Crippen LogP) is 7.91. The number of carbonyl (C=O) groups is 1. The van der Waals surface area contributed by atoms with E-state index in [9.17, 15) is 4.79 Å². The molecule has 0 aliphatic rings. The molecule has 4 aromatic heterocycles. The molecule has 0 fully saturated rings. The molecule has 0 spiro atoms. The van der Waals surface area contributed by atoms with Crippen molar-refractivity contribution >= 4 is 39.0 Å². The Kier molecular flexibility index (Phi) is 7.91. The summed E-state index contributed by atoms with van der Waals surface area (Å²) in [4.78, 5) is 19.4. The minimum atomic E-state index is -0.125. The number of hydrogen-bond donors (Lipinski definition) is 1. The molecular formula is C31H25IrN2O4-. The van der Waals surface area contributed by atoms with E-state index in [4.69, 9.17) is 18.9 Å². The first kappa shape index (κ1) is 27.0. The normalized spacial score (nSPS) is 11.3. The number of furan rings is 2. The van der Waals surface area contributed by atoms with Crippen LogP contribution in [0.2, 0.25) is 0 Å². The number of carbonyl (C=O) groups excluding carboxylic acids is 1. The summed E-state index contributed by atoms with van der Waals surface area (Å²) < 4.78 is 12.1. The molecule has 6 rings (SSSR count). The predicted molar refractivity (Wildman–Crippen MR) is 145 cm³/mol. The summed E-state index contributed by atoms with van der Waals surface area (Å²) in [5.74, 6) is 0.743. The topological polar surface area (TPSA) is 89.4 Å². The molecule has 1 radical (unpaired) electrons. The maximum Gasteiger partial charge on any atom is 0.216 e. The molecular weight excluding hydrogens is 657 g/mol. The third-order valence-electron chi connectivity index (χ3n) is 5.82. The summed E-state index contributed by atoms with van der Waals surface area (Å²) >= 11 is 0. The van der Waals surface area contributed by atoms with E-state index in [1.165, 1.54) is 25.5 Å². The van der Waals surface area contributed by atoms with Crippen molar-refractivity contribution in [1.29, 1.82) is 0 Å². The van der Waals surface area contributed by atoms with E-state index in [0.29, 0.717) is 5.71 Å². The molecule has 0 saturated carbocycles. The van der Waals surface area contributed by atoms with Crippen molar-refractivity contribution in [3.05, 3.63) is 95.9 Å². The van der Waals surface area contributed by atoms with Crippen LogP contribution in [0, 0.1) is 19.9 Å². The van der Waals surface area contributed by atoms with Crippen LogP contribution in [-0.4, -0.2) is 20.9 Å². The van der Waals surface area contributed by atoms with Gasteiger partial charge in [-0.3, -0.25) is 9.78 Å². The average Bonchev–Trinajstić information content (AvgIpc) is 3.44. The number of aromatic nitrogens is 2. The van der Waals surface area contributed by atoms with E-state index in [2.05, 4.69) is 42.2 Å². The first-order chi connectivity index (χ1) is 17.8. The van der Waals surface area contributed by atoms with Crippen molar-refractivity contribution in [2.24, 2.45) is 0 Å². The summed E-state index contributed by atoms with van der Waals surface area (Å²) in [5, 5.41) is 10.4. The average molecular weight is 682 g/mol. The van der Waals surface area contributed by atoms with Crippen molar-refractivity contribution in [3.63, 3.8) is 0 Å². The molecule has 0 bridgehead atoms. The van der Waals surface area contributed by atoms with Gasteiger partial charge in [0.05, 0.1) is 16.9 Å². The molecule has 6 aromatic rings. The molecule has 0 unspecified atom stereocenters. The van der Waals surface area contributed by atoms with Crippen molar-refractivity contribution in [2.45, 2.75) is 27.7 Å². The van der Waals surface area contributed by atoms with E-state index in [1.807, 2.05) is 49.4 Å². The molecule has 0 saturated heterocycles. The van der Waals surface area contributed by atoms with Crippen LogP contribution in [0.5, 0.6) is 0 Å². The molecule has 38 heavy (non-hydrogen) atoms. The Bertz CT molecular complexity index is 1790. The third-order valence-corrected chi connectivity index (χ3v) is 5.82. The van der Waals surface area contributed by atoms with Crippen molar-refractivity contribution in [1.82, 2.24) is 9.97 Å². The zero-order valence-corrected chi connectivity index (χ0v) is 23.7. The first-order valence-corrected chi connectivity index (χ1v) is 11.8. The minimum absolute atomic E-state index is 0. The van der Waals surface area contributed by atoms with E-state index in [1.54, 1.807) is 0 Å². The number of rotatable bonds is 3. The van der Waals surface area contributed by atoms with E-state index in [0.717, 1.165) is 55.7 Å². The van der Waals surface area contributed by atoms with Gasteiger partial charge in [-0.25, -0.2) is 4.98 Å². The molecule has 0 atom stereocenters. The van der Waals surface area contributed by atoms with Crippen LogP contribution < -0.4 is 0 Å². The standard InChI is InChI=1S/C26H17N2O2.C5H8O2.Ir/c1-15-6-9-17(10-7-15)24-14-22-23(29-24)13-12-21(28-22)20-5-3-4-18-19-11-8-16(2)27-26(19)30-25(18)20;1-4(6)3-5(2)7;/h3-4,6-14H,1-2H3;3,6H,1-2H3;/q-1;;/b;4-3-;. The molecule has 7 heteroatoms. The maximum atomic E-state index is 10.0. The summed E-state index contributed by atoms with van der Waals surface area (Å²) in [6, 6.07) is 25.4. The Balaban J connectivity index is 0.000000375. The number of nitrogens with zero attached hydrogens (tertiary/aromatic N) is 2. The van der Waals surface area contributed by atoms with Crippen molar-refractivity contribution < 1.29 is 38.8 Å². The number of ketones is 1. The fraction of sp³-hybridized carbons (Fsp3) is 0.129. The monoisotopic (exact) mass is 682 g/mol. The second-order valence-corrected chi connectivity index (χ2v) is 8.96. The number of aliphatic hydroxyl groups is 1. The second-order valence-electron chi connectivity index (χ2n) is 8.96. The first-order valence-electron chi connectivity index (χ1n) is 11.8. The van der Waals surface area contributed by atoms with Gasteiger partial charge in [0.1, 0.15) is 5.76 Å². The van der Waals surface area contributed by atoms with Crippen LogP contribution in [0.1, 0.15) is 25.1 Å². The van der Waals surface area contributed by atoms with Gasteiger partial charge in [0.25, 0.3) is 0 Å². The van der Waals surface area contributed by atoms with Crippen molar-refractivity contribution in [3.8, 4) is 22.6 Å². The molecule has 0 aliphatic heterocycles. The molecule has 193 valence electrons. The molecule has 0 aliphatic carbocycles. The smallest absolute Gasteiger partial charge is 0.216 e. The Hall–Kier alpha value is -4.06. The van der Waals surface area contributed by atoms with Gasteiger partial charge in [0, 0.05) is 48.9 Å². The zero-order chi connectivity index (χ0) is 26.1. The van der Waals surface area contributed by atoms with Gasteiger partial charge < -0.3 is 13.9 Å². The van der Waals surface area contributed by atoms with Gasteiger partial charge in [-0.1, -0.05) is 46.8 Å². The molecule has 6 nitrogen and oxygen atoms in total. The Morgan fingerprint density at radius 2 is 1.68 bits per heavy atom. The number of aliphatic hydroxyl groups excluding tert-OH is 1. The number of allylic oxidation sites excluding steroid dienone is 2. The number of hydrogen-bond acceptors (Lipinski definition) is 6. The Morgan fingerprint density at radius 1 is 0.921 bits per heavy atom. The number of fused-ring (bicyclic) bond motifs is 4. The van der Waals surface area contributed by atoms with Gasteiger partial charge in [0.2, 0.25) is 5.71 Å². The van der Waals surface area contributed by atoms with Crippen LogP contribution in [0.4, 0.5) is 0 Å². The largest absolute Gasteiger partial charge is 0.512 e. The fourth-order valence-corrected chi connectivity index (χ4v) is 4.12. The quantitative estimate of drug-likeness (QED) is 0.116. The van der Waals surface area contributed by atoms with E-state index < -0.39 is 0 Å². The van der Waals surface area contributed by atoms with Crippen LogP contribution in [0.15, 0.2) is 87.4 Å². The summed E-state index contributed by atoms with van der Waals surface area (Å²) in [6.07, 6.45) is 1.17. The fourth-order valence-electron chi connectivity index (χ4n) is 4.12. The number of pyridine rings is 2. The Labute approximate surface area is 233 Å². The van der Waals surface area contributed by atoms with E-state index in [-0.39, 0.29) is 31.6 Å². The Morgan fingerprint density at radius 3 is 2.37 bits per heavy atom. The van der Waals surface area contributed by atoms with Crippen LogP contribution in [0.25, 0.3) is 55.7 Å². The van der Waals surface area contributed by atoms with Gasteiger partial charge in [0.15, 0.2) is 11.4 Å². The number of aryl methyl sites for hydroxylation is 2. The third kappa shape index (κ3) is 5.59. The van der Waals surface area contributed by atoms with Gasteiger partial charge in [-0.2, -0.15) is 0 Å². The molecule has 1 N–H and O–H groups in total. The second kappa shape index (κ2) is 11.1. The number of benzene rings is 2.